The van der Waals surface area contributed by atoms with Crippen LogP contribution in [0.2, 0.25) is 5.02 Å². The van der Waals surface area contributed by atoms with E-state index >= 15 is 0 Å². The van der Waals surface area contributed by atoms with E-state index in [1.54, 1.807) is 42.5 Å². The Kier molecular flexibility index (Phi) is 6.99. The van der Waals surface area contributed by atoms with Crippen molar-refractivity contribution in [2.24, 2.45) is 0 Å². The summed E-state index contributed by atoms with van der Waals surface area (Å²) in [4.78, 5) is 12.0. The summed E-state index contributed by atoms with van der Waals surface area (Å²) in [5.74, 6) is -0.614. The van der Waals surface area contributed by atoms with E-state index < -0.39 is 10.0 Å². The van der Waals surface area contributed by atoms with E-state index in [-0.39, 0.29) is 31.2 Å². The van der Waals surface area contributed by atoms with Gasteiger partial charge in [0.15, 0.2) is 0 Å². The topological polar surface area (TPSA) is 66.5 Å². The molecule has 0 heterocycles. The van der Waals surface area contributed by atoms with E-state index in [1.807, 2.05) is 0 Å². The summed E-state index contributed by atoms with van der Waals surface area (Å²) in [5.41, 5.74) is 0.961. The molecule has 2 aromatic carbocycles. The Morgan fingerprint density at radius 2 is 1.81 bits per heavy atom. The number of hydrogen-bond donors (Lipinski definition) is 1. The summed E-state index contributed by atoms with van der Waals surface area (Å²) >= 11 is 5.82. The third-order valence-electron chi connectivity index (χ3n) is 3.73. The van der Waals surface area contributed by atoms with Gasteiger partial charge in [0.1, 0.15) is 5.82 Å². The number of nitrogens with one attached hydrogen (secondary N) is 1. The molecule has 0 saturated carbocycles. The van der Waals surface area contributed by atoms with Crippen molar-refractivity contribution in [3.8, 4) is 0 Å². The van der Waals surface area contributed by atoms with Gasteiger partial charge in [-0.25, -0.2) is 12.8 Å². The van der Waals surface area contributed by atoms with E-state index in [2.05, 4.69) is 5.32 Å². The number of benzene rings is 2. The highest BCUT2D eigenvalue weighted by Crippen LogP contribution is 2.20. The molecule has 0 radical (unpaired) electrons. The van der Waals surface area contributed by atoms with Crippen LogP contribution < -0.4 is 9.62 Å². The number of carbonyl (C=O) groups is 1. The number of nitrogens with zero attached hydrogens (tertiary/aromatic N) is 1. The monoisotopic (exact) mass is 398 g/mol. The molecular weight excluding hydrogens is 379 g/mol. The SMILES string of the molecule is CS(=O)(=O)N(CCC(=O)NCCc1ccccc1F)c1ccc(Cl)cc1. The zero-order valence-corrected chi connectivity index (χ0v) is 15.9. The molecule has 0 bridgehead atoms. The van der Waals surface area contributed by atoms with Gasteiger partial charge in [-0.2, -0.15) is 0 Å². The van der Waals surface area contributed by atoms with E-state index in [4.69, 9.17) is 11.6 Å². The van der Waals surface area contributed by atoms with Crippen molar-refractivity contribution in [1.82, 2.24) is 5.32 Å². The molecule has 1 amide bonds. The number of carbonyl (C=O) groups excluding carboxylic acids is 1. The lowest BCUT2D eigenvalue weighted by atomic mass is 10.1. The molecule has 0 spiro atoms. The highest BCUT2D eigenvalue weighted by Gasteiger charge is 2.18. The van der Waals surface area contributed by atoms with Crippen LogP contribution in [0.5, 0.6) is 0 Å². The third-order valence-corrected chi connectivity index (χ3v) is 5.18. The molecule has 0 aromatic heterocycles. The molecule has 0 aliphatic carbocycles. The lowest BCUT2D eigenvalue weighted by molar-refractivity contribution is -0.120. The Hall–Kier alpha value is -2.12. The second-order valence-corrected chi connectivity index (χ2v) is 8.10. The highest BCUT2D eigenvalue weighted by molar-refractivity contribution is 7.92. The van der Waals surface area contributed by atoms with Crippen LogP contribution in [0.1, 0.15) is 12.0 Å². The zero-order chi connectivity index (χ0) is 19.2. The van der Waals surface area contributed by atoms with Gasteiger partial charge in [-0.3, -0.25) is 9.10 Å². The molecule has 0 aliphatic rings. The van der Waals surface area contributed by atoms with E-state index in [1.165, 1.54) is 6.07 Å². The molecule has 2 rings (SSSR count). The van der Waals surface area contributed by atoms with Gasteiger partial charge < -0.3 is 5.32 Å². The van der Waals surface area contributed by atoms with Gasteiger partial charge in [0, 0.05) is 24.5 Å². The third kappa shape index (κ3) is 6.00. The molecule has 140 valence electrons. The van der Waals surface area contributed by atoms with Gasteiger partial charge in [0.05, 0.1) is 11.9 Å². The fraction of sp³-hybridized carbons (Fsp3) is 0.278. The molecule has 8 heteroatoms. The van der Waals surface area contributed by atoms with Gasteiger partial charge in [0.25, 0.3) is 0 Å². The summed E-state index contributed by atoms with van der Waals surface area (Å²) in [6.07, 6.45) is 1.44. The minimum atomic E-state index is -3.53. The van der Waals surface area contributed by atoms with Crippen molar-refractivity contribution in [1.29, 1.82) is 0 Å². The molecule has 1 N–H and O–H groups in total. The Morgan fingerprint density at radius 3 is 2.42 bits per heavy atom. The Morgan fingerprint density at radius 1 is 1.15 bits per heavy atom. The molecular formula is C18H20ClFN2O3S. The summed E-state index contributed by atoms with van der Waals surface area (Å²) in [6, 6.07) is 12.7. The fourth-order valence-corrected chi connectivity index (χ4v) is 3.48. The fourth-order valence-electron chi connectivity index (χ4n) is 2.42. The minimum absolute atomic E-state index is 0.00595. The first-order chi connectivity index (χ1) is 12.3. The predicted octanol–water partition coefficient (Wildman–Crippen LogP) is 2.99. The van der Waals surface area contributed by atoms with Crippen LogP contribution in [-0.4, -0.2) is 33.7 Å². The Bertz CT molecular complexity index is 857. The van der Waals surface area contributed by atoms with Crippen molar-refractivity contribution >= 4 is 33.2 Å². The smallest absolute Gasteiger partial charge is 0.232 e. The second-order valence-electron chi connectivity index (χ2n) is 5.75. The highest BCUT2D eigenvalue weighted by atomic mass is 35.5. The van der Waals surface area contributed by atoms with Crippen molar-refractivity contribution in [3.63, 3.8) is 0 Å². The maximum Gasteiger partial charge on any atom is 0.232 e. The normalized spacial score (nSPS) is 11.2. The maximum absolute atomic E-state index is 13.5. The molecule has 0 saturated heterocycles. The molecule has 0 aliphatic heterocycles. The number of amides is 1. The number of sulfonamides is 1. The Balaban J connectivity index is 1.89. The summed E-state index contributed by atoms with van der Waals surface area (Å²) in [6.45, 7) is 0.283. The summed E-state index contributed by atoms with van der Waals surface area (Å²) in [5, 5.41) is 3.17. The first-order valence-electron chi connectivity index (χ1n) is 8.01. The average Bonchev–Trinajstić information content (AvgIpc) is 2.57. The molecule has 2 aromatic rings. The first-order valence-corrected chi connectivity index (χ1v) is 10.2. The second kappa shape index (κ2) is 9.00. The average molecular weight is 399 g/mol. The van der Waals surface area contributed by atoms with Crippen molar-refractivity contribution in [3.05, 3.63) is 64.9 Å². The lowest BCUT2D eigenvalue weighted by Crippen LogP contribution is -2.35. The van der Waals surface area contributed by atoms with Crippen LogP contribution in [0.25, 0.3) is 0 Å². The number of halogens is 2. The number of rotatable bonds is 8. The quantitative estimate of drug-likeness (QED) is 0.743. The maximum atomic E-state index is 13.5. The van der Waals surface area contributed by atoms with E-state index in [9.17, 15) is 17.6 Å². The minimum Gasteiger partial charge on any atom is -0.356 e. The van der Waals surface area contributed by atoms with E-state index in [0.717, 1.165) is 10.6 Å². The van der Waals surface area contributed by atoms with Gasteiger partial charge >= 0.3 is 0 Å². The standard InChI is InChI=1S/C18H20ClFN2O3S/c1-26(24,25)22(16-8-6-15(19)7-9-16)13-11-18(23)21-12-10-14-4-2-3-5-17(14)20/h2-9H,10-13H2,1H3,(H,21,23). The van der Waals surface area contributed by atoms with Crippen LogP contribution in [0.3, 0.4) is 0 Å². The predicted molar refractivity (Wildman–Crippen MR) is 101 cm³/mol. The summed E-state index contributed by atoms with van der Waals surface area (Å²) < 4.78 is 38.6. The van der Waals surface area contributed by atoms with Crippen LogP contribution in [0.4, 0.5) is 10.1 Å². The summed E-state index contributed by atoms with van der Waals surface area (Å²) in [7, 11) is -3.53. The molecule has 0 unspecified atom stereocenters. The molecule has 0 fully saturated rings. The number of anilines is 1. The molecule has 5 nitrogen and oxygen atoms in total. The van der Waals surface area contributed by atoms with Crippen molar-refractivity contribution in [2.45, 2.75) is 12.8 Å². The lowest BCUT2D eigenvalue weighted by Gasteiger charge is -2.22. The van der Waals surface area contributed by atoms with Crippen LogP contribution in [0, 0.1) is 5.82 Å². The van der Waals surface area contributed by atoms with Crippen LogP contribution in [-0.2, 0) is 21.2 Å². The largest absolute Gasteiger partial charge is 0.356 e. The van der Waals surface area contributed by atoms with Crippen molar-refractivity contribution < 1.29 is 17.6 Å². The first kappa shape index (κ1) is 20.2. The van der Waals surface area contributed by atoms with Crippen molar-refractivity contribution in [2.75, 3.05) is 23.7 Å². The van der Waals surface area contributed by atoms with Crippen LogP contribution >= 0.6 is 11.6 Å². The number of hydrogen-bond acceptors (Lipinski definition) is 3. The van der Waals surface area contributed by atoms with Gasteiger partial charge in [0.2, 0.25) is 15.9 Å². The molecule has 0 atom stereocenters. The van der Waals surface area contributed by atoms with Gasteiger partial charge in [-0.1, -0.05) is 29.8 Å². The van der Waals surface area contributed by atoms with Gasteiger partial charge in [-0.05, 0) is 42.3 Å². The van der Waals surface area contributed by atoms with E-state index in [0.29, 0.717) is 22.7 Å². The van der Waals surface area contributed by atoms with Gasteiger partial charge in [-0.15, -0.1) is 0 Å². The zero-order valence-electron chi connectivity index (χ0n) is 14.3. The van der Waals surface area contributed by atoms with Crippen LogP contribution in [0.15, 0.2) is 48.5 Å². The Labute approximate surface area is 157 Å². The molecule has 26 heavy (non-hydrogen) atoms.